The highest BCUT2D eigenvalue weighted by molar-refractivity contribution is 7.88. The number of hydrogen-bond acceptors (Lipinski definition) is 8. The van der Waals surface area contributed by atoms with Gasteiger partial charge in [0.2, 0.25) is 0 Å². The van der Waals surface area contributed by atoms with Gasteiger partial charge in [-0.3, -0.25) is 9.69 Å². The number of aliphatic hydroxyl groups excluding tert-OH is 1. The molecule has 0 aliphatic carbocycles. The number of amides is 1. The van der Waals surface area contributed by atoms with E-state index >= 15 is 0 Å². The molecule has 0 saturated carbocycles. The van der Waals surface area contributed by atoms with Crippen molar-refractivity contribution in [2.45, 2.75) is 63.5 Å². The molecule has 3 atom stereocenters. The number of carbonyl (C=O) groups excluding carboxylic acids is 2. The van der Waals surface area contributed by atoms with Gasteiger partial charge in [0.05, 0.1) is 12.6 Å². The van der Waals surface area contributed by atoms with Gasteiger partial charge in [0.1, 0.15) is 23.6 Å². The third-order valence-electron chi connectivity index (χ3n) is 4.33. The Labute approximate surface area is 183 Å². The van der Waals surface area contributed by atoms with Crippen LogP contribution in [0.15, 0.2) is 24.3 Å². The van der Waals surface area contributed by atoms with Gasteiger partial charge in [-0.15, -0.1) is 0 Å². The van der Waals surface area contributed by atoms with E-state index in [1.165, 1.54) is 17.0 Å². The smallest absolute Gasteiger partial charge is 0.457 e. The van der Waals surface area contributed by atoms with Crippen molar-refractivity contribution in [2.24, 2.45) is 0 Å². The maximum Gasteiger partial charge on any atom is 0.534 e. The first-order valence-corrected chi connectivity index (χ1v) is 10.9. The second-order valence-corrected chi connectivity index (χ2v) is 9.71. The van der Waals surface area contributed by atoms with Crippen LogP contribution in [0.25, 0.3) is 0 Å². The van der Waals surface area contributed by atoms with E-state index in [9.17, 15) is 36.3 Å². The summed E-state index contributed by atoms with van der Waals surface area (Å²) in [6.45, 7) is 5.95. The molecule has 0 radical (unpaired) electrons. The molecule has 32 heavy (non-hydrogen) atoms. The number of esters is 1. The summed E-state index contributed by atoms with van der Waals surface area (Å²) in [5.74, 6) is -1.23. The van der Waals surface area contributed by atoms with E-state index in [0.717, 1.165) is 19.1 Å². The van der Waals surface area contributed by atoms with E-state index in [1.807, 2.05) is 0 Å². The van der Waals surface area contributed by atoms with Crippen molar-refractivity contribution in [3.8, 4) is 5.75 Å². The molecule has 0 unspecified atom stereocenters. The van der Waals surface area contributed by atoms with E-state index < -0.39 is 57.3 Å². The molecule has 0 spiro atoms. The van der Waals surface area contributed by atoms with Gasteiger partial charge in [0.15, 0.2) is 0 Å². The largest absolute Gasteiger partial charge is 0.534 e. The van der Waals surface area contributed by atoms with Crippen LogP contribution in [-0.4, -0.2) is 66.4 Å². The van der Waals surface area contributed by atoms with Gasteiger partial charge in [-0.05, 0) is 44.9 Å². The Balaban J connectivity index is 2.24. The first kappa shape index (κ1) is 25.7. The number of ether oxygens (including phenoxy) is 2. The summed E-state index contributed by atoms with van der Waals surface area (Å²) in [5.41, 5.74) is -5.95. The molecule has 2 rings (SSSR count). The van der Waals surface area contributed by atoms with Crippen LogP contribution in [0, 0.1) is 0 Å². The highest BCUT2D eigenvalue weighted by Crippen LogP contribution is 2.29. The van der Waals surface area contributed by atoms with Gasteiger partial charge < -0.3 is 18.8 Å². The molecular weight excluding hydrogens is 459 g/mol. The SMILES string of the molecule is CC(=O)O[C@H]1[C@@H](Cc2ccc(OS(=O)(=O)C(F)(F)F)cc2)N(C(=O)OC(C)(C)C)C[C@@H]1O. The van der Waals surface area contributed by atoms with Crippen molar-refractivity contribution in [1.29, 1.82) is 0 Å². The van der Waals surface area contributed by atoms with Gasteiger partial charge in [0, 0.05) is 6.92 Å². The summed E-state index contributed by atoms with van der Waals surface area (Å²) in [6.07, 6.45) is -2.97. The van der Waals surface area contributed by atoms with Crippen LogP contribution in [0.3, 0.4) is 0 Å². The second-order valence-electron chi connectivity index (χ2n) is 8.17. The van der Waals surface area contributed by atoms with Crippen molar-refractivity contribution in [1.82, 2.24) is 4.90 Å². The quantitative estimate of drug-likeness (QED) is 0.385. The van der Waals surface area contributed by atoms with Gasteiger partial charge in [-0.2, -0.15) is 21.6 Å². The number of alkyl halides is 3. The molecule has 9 nitrogen and oxygen atoms in total. The summed E-state index contributed by atoms with van der Waals surface area (Å²) in [4.78, 5) is 25.3. The molecule has 0 bridgehead atoms. The number of rotatable bonds is 5. The van der Waals surface area contributed by atoms with Gasteiger partial charge >= 0.3 is 27.7 Å². The zero-order valence-corrected chi connectivity index (χ0v) is 18.6. The van der Waals surface area contributed by atoms with Crippen molar-refractivity contribution in [2.75, 3.05) is 6.54 Å². The first-order chi connectivity index (χ1) is 14.5. The standard InChI is InChI=1S/C19H24F3NO8S/c1-11(24)29-16-14(23(10-15(16)25)17(26)30-18(2,3)4)9-12-5-7-13(8-6-12)31-32(27,28)19(20,21)22/h5-8,14-16,25H,9-10H2,1-4H3/t14-,15+,16+/m1/s1. The molecule has 1 aliphatic rings. The predicted octanol–water partition coefficient (Wildman–Crippen LogP) is 2.37. The minimum Gasteiger partial charge on any atom is -0.457 e. The van der Waals surface area contributed by atoms with Gasteiger partial charge in [0.25, 0.3) is 0 Å². The summed E-state index contributed by atoms with van der Waals surface area (Å²) in [6, 6.07) is 3.79. The molecule has 1 amide bonds. The molecule has 0 aromatic heterocycles. The lowest BCUT2D eigenvalue weighted by atomic mass is 10.0. The fourth-order valence-electron chi connectivity index (χ4n) is 3.08. The Kier molecular flexibility index (Phi) is 7.34. The molecule has 1 aliphatic heterocycles. The Morgan fingerprint density at radius 2 is 1.72 bits per heavy atom. The zero-order valence-electron chi connectivity index (χ0n) is 17.7. The number of carbonyl (C=O) groups is 2. The molecule has 1 aromatic rings. The number of halogens is 3. The molecule has 1 heterocycles. The number of likely N-dealkylation sites (tertiary alicyclic amines) is 1. The van der Waals surface area contributed by atoms with Crippen LogP contribution in [-0.2, 0) is 30.8 Å². The topological polar surface area (TPSA) is 119 Å². The fourth-order valence-corrected chi connectivity index (χ4v) is 3.54. The highest BCUT2D eigenvalue weighted by atomic mass is 32.2. The molecule has 13 heteroatoms. The summed E-state index contributed by atoms with van der Waals surface area (Å²) in [7, 11) is -5.81. The van der Waals surface area contributed by atoms with Crippen molar-refractivity contribution >= 4 is 22.2 Å². The van der Waals surface area contributed by atoms with Crippen LogP contribution < -0.4 is 4.18 Å². The molecular formula is C19H24F3NO8S. The summed E-state index contributed by atoms with van der Waals surface area (Å²) < 4.78 is 74.2. The number of β-amino-alcohol motifs (C(OH)–C–C–N with tert-alkyl or cyclic N) is 1. The van der Waals surface area contributed by atoms with E-state index in [-0.39, 0.29) is 13.0 Å². The number of hydrogen-bond donors (Lipinski definition) is 1. The maximum atomic E-state index is 12.6. The van der Waals surface area contributed by atoms with Gasteiger partial charge in [-0.1, -0.05) is 12.1 Å². The Morgan fingerprint density at radius 3 is 2.19 bits per heavy atom. The minimum atomic E-state index is -5.81. The fraction of sp³-hybridized carbons (Fsp3) is 0.579. The third-order valence-corrected chi connectivity index (χ3v) is 5.31. The Bertz CT molecular complexity index is 941. The Morgan fingerprint density at radius 1 is 1.16 bits per heavy atom. The maximum absolute atomic E-state index is 12.6. The van der Waals surface area contributed by atoms with E-state index in [0.29, 0.717) is 5.56 Å². The number of aliphatic hydroxyl groups is 1. The highest BCUT2D eigenvalue weighted by Gasteiger charge is 2.49. The average molecular weight is 483 g/mol. The normalized spacial score (nSPS) is 21.9. The van der Waals surface area contributed by atoms with Crippen molar-refractivity contribution in [3.05, 3.63) is 29.8 Å². The van der Waals surface area contributed by atoms with Crippen LogP contribution in [0.5, 0.6) is 5.75 Å². The monoisotopic (exact) mass is 483 g/mol. The number of nitrogens with zero attached hydrogens (tertiary/aromatic N) is 1. The van der Waals surface area contributed by atoms with E-state index in [1.54, 1.807) is 20.8 Å². The lowest BCUT2D eigenvalue weighted by Crippen LogP contribution is -2.45. The van der Waals surface area contributed by atoms with Crippen LogP contribution in [0.2, 0.25) is 0 Å². The van der Waals surface area contributed by atoms with Crippen LogP contribution >= 0.6 is 0 Å². The summed E-state index contributed by atoms with van der Waals surface area (Å²) >= 11 is 0. The van der Waals surface area contributed by atoms with Crippen LogP contribution in [0.1, 0.15) is 33.3 Å². The lowest BCUT2D eigenvalue weighted by Gasteiger charge is -2.30. The van der Waals surface area contributed by atoms with Crippen molar-refractivity contribution < 1.29 is 49.9 Å². The molecule has 1 fully saturated rings. The molecule has 1 saturated heterocycles. The predicted molar refractivity (Wildman–Crippen MR) is 104 cm³/mol. The zero-order chi connectivity index (χ0) is 24.5. The average Bonchev–Trinajstić information content (AvgIpc) is 2.90. The van der Waals surface area contributed by atoms with Crippen LogP contribution in [0.4, 0.5) is 18.0 Å². The third kappa shape index (κ3) is 6.48. The van der Waals surface area contributed by atoms with Gasteiger partial charge in [-0.25, -0.2) is 4.79 Å². The molecule has 180 valence electrons. The molecule has 1 aromatic carbocycles. The first-order valence-electron chi connectivity index (χ1n) is 9.45. The minimum absolute atomic E-state index is 0.0283. The second kappa shape index (κ2) is 9.14. The van der Waals surface area contributed by atoms with E-state index in [4.69, 9.17) is 9.47 Å². The molecule has 1 N–H and O–H groups in total. The number of benzene rings is 1. The lowest BCUT2D eigenvalue weighted by molar-refractivity contribution is -0.151. The van der Waals surface area contributed by atoms with E-state index in [2.05, 4.69) is 4.18 Å². The van der Waals surface area contributed by atoms with Crippen molar-refractivity contribution in [3.63, 3.8) is 0 Å². The Hall–Kier alpha value is -2.54. The summed E-state index contributed by atoms with van der Waals surface area (Å²) in [5, 5.41) is 10.3.